The lowest BCUT2D eigenvalue weighted by atomic mass is 10.3. The molecule has 0 heterocycles. The summed E-state index contributed by atoms with van der Waals surface area (Å²) in [4.78, 5) is 0. The SMILES string of the molecule is C=N.CCOc1ccccc1. The molecule has 1 rings (SSSR count). The number of para-hydroxylation sites is 1. The molecule has 0 saturated heterocycles. The van der Waals surface area contributed by atoms with Gasteiger partial charge in [0.05, 0.1) is 6.61 Å². The van der Waals surface area contributed by atoms with Crippen LogP contribution in [0, 0.1) is 5.41 Å². The maximum Gasteiger partial charge on any atom is 0.119 e. The first-order chi connectivity index (χ1) is 5.43. The second-order valence-electron chi connectivity index (χ2n) is 1.75. The van der Waals surface area contributed by atoms with Crippen LogP contribution in [0.3, 0.4) is 0 Å². The summed E-state index contributed by atoms with van der Waals surface area (Å²) in [5.41, 5.74) is 0. The summed E-state index contributed by atoms with van der Waals surface area (Å²) in [6.07, 6.45) is 0. The summed E-state index contributed by atoms with van der Waals surface area (Å²) in [5, 5.41) is 5.50. The molecule has 0 aliphatic rings. The highest BCUT2D eigenvalue weighted by atomic mass is 16.5. The Bertz CT molecular complexity index is 174. The fourth-order valence-electron chi connectivity index (χ4n) is 0.683. The van der Waals surface area contributed by atoms with Crippen molar-refractivity contribution >= 4 is 6.72 Å². The van der Waals surface area contributed by atoms with E-state index in [1.165, 1.54) is 0 Å². The average Bonchev–Trinajstić information content (AvgIpc) is 2.11. The first-order valence-corrected chi connectivity index (χ1v) is 3.46. The van der Waals surface area contributed by atoms with Crippen molar-refractivity contribution in [2.75, 3.05) is 6.61 Å². The summed E-state index contributed by atoms with van der Waals surface area (Å²) in [5.74, 6) is 0.944. The van der Waals surface area contributed by atoms with Crippen molar-refractivity contribution in [3.63, 3.8) is 0 Å². The number of rotatable bonds is 2. The Morgan fingerprint density at radius 1 is 1.27 bits per heavy atom. The Labute approximate surface area is 67.3 Å². The standard InChI is InChI=1S/C8H10O.CH3N/c1-2-9-8-6-4-3-5-7-8;1-2/h3-7H,2H2,1H3;2H,1H2. The minimum atomic E-state index is 0.740. The third kappa shape index (κ3) is 4.14. The Kier molecular flexibility index (Phi) is 5.99. The largest absolute Gasteiger partial charge is 0.494 e. The molecule has 0 bridgehead atoms. The highest BCUT2D eigenvalue weighted by Crippen LogP contribution is 2.06. The van der Waals surface area contributed by atoms with Crippen LogP contribution in [0.25, 0.3) is 0 Å². The maximum atomic E-state index is 5.50. The van der Waals surface area contributed by atoms with Crippen LogP contribution in [0.1, 0.15) is 6.92 Å². The highest BCUT2D eigenvalue weighted by Gasteiger charge is 1.83. The second-order valence-corrected chi connectivity index (χ2v) is 1.75. The zero-order valence-electron chi connectivity index (χ0n) is 6.71. The average molecular weight is 151 g/mol. The van der Waals surface area contributed by atoms with Crippen molar-refractivity contribution in [3.8, 4) is 5.75 Å². The molecule has 2 heteroatoms. The topological polar surface area (TPSA) is 33.1 Å². The van der Waals surface area contributed by atoms with Gasteiger partial charge in [0.25, 0.3) is 0 Å². The van der Waals surface area contributed by atoms with Crippen LogP contribution in [0.15, 0.2) is 30.3 Å². The zero-order chi connectivity index (χ0) is 8.53. The minimum Gasteiger partial charge on any atom is -0.494 e. The van der Waals surface area contributed by atoms with Crippen molar-refractivity contribution in [2.24, 2.45) is 0 Å². The molecule has 0 aromatic heterocycles. The monoisotopic (exact) mass is 151 g/mol. The Hall–Kier alpha value is -1.31. The molecule has 0 aliphatic heterocycles. The molecule has 0 radical (unpaired) electrons. The fourth-order valence-corrected chi connectivity index (χ4v) is 0.683. The van der Waals surface area contributed by atoms with Gasteiger partial charge in [0.2, 0.25) is 0 Å². The lowest BCUT2D eigenvalue weighted by Crippen LogP contribution is -1.89. The third-order valence-electron chi connectivity index (χ3n) is 1.05. The molecule has 0 aliphatic carbocycles. The van der Waals surface area contributed by atoms with Crippen molar-refractivity contribution < 1.29 is 4.74 Å². The van der Waals surface area contributed by atoms with Crippen molar-refractivity contribution in [2.45, 2.75) is 6.92 Å². The van der Waals surface area contributed by atoms with Crippen LogP contribution in [-0.4, -0.2) is 13.3 Å². The van der Waals surface area contributed by atoms with E-state index in [9.17, 15) is 0 Å². The van der Waals surface area contributed by atoms with E-state index in [4.69, 9.17) is 10.1 Å². The van der Waals surface area contributed by atoms with E-state index in [0.29, 0.717) is 0 Å². The molecule has 2 nitrogen and oxygen atoms in total. The van der Waals surface area contributed by atoms with Crippen LogP contribution >= 0.6 is 0 Å². The number of hydrogen-bond donors (Lipinski definition) is 1. The first-order valence-electron chi connectivity index (χ1n) is 3.46. The Balaban J connectivity index is 0.000000461. The third-order valence-corrected chi connectivity index (χ3v) is 1.05. The van der Waals surface area contributed by atoms with E-state index in [-0.39, 0.29) is 0 Å². The van der Waals surface area contributed by atoms with Crippen LogP contribution in [0.5, 0.6) is 5.75 Å². The van der Waals surface area contributed by atoms with Crippen LogP contribution in [0.2, 0.25) is 0 Å². The summed E-state index contributed by atoms with van der Waals surface area (Å²) >= 11 is 0. The van der Waals surface area contributed by atoms with Crippen molar-refractivity contribution in [1.29, 1.82) is 5.41 Å². The molecule has 0 fully saturated rings. The van der Waals surface area contributed by atoms with Crippen LogP contribution in [-0.2, 0) is 0 Å². The van der Waals surface area contributed by atoms with Gasteiger partial charge in [-0.2, -0.15) is 0 Å². The quantitative estimate of drug-likeness (QED) is 0.646. The van der Waals surface area contributed by atoms with Gasteiger partial charge in [0.1, 0.15) is 5.75 Å². The molecule has 0 spiro atoms. The van der Waals surface area contributed by atoms with E-state index in [0.717, 1.165) is 12.4 Å². The molecule has 11 heavy (non-hydrogen) atoms. The van der Waals surface area contributed by atoms with E-state index < -0.39 is 0 Å². The van der Waals surface area contributed by atoms with Gasteiger partial charge in [-0.05, 0) is 25.8 Å². The van der Waals surface area contributed by atoms with Gasteiger partial charge >= 0.3 is 0 Å². The maximum absolute atomic E-state index is 5.50. The predicted octanol–water partition coefficient (Wildman–Crippen LogP) is 2.35. The molecular weight excluding hydrogens is 138 g/mol. The van der Waals surface area contributed by atoms with E-state index in [2.05, 4.69) is 6.72 Å². The summed E-state index contributed by atoms with van der Waals surface area (Å²) in [6.45, 7) is 5.22. The molecule has 0 amide bonds. The predicted molar refractivity (Wildman–Crippen MR) is 47.5 cm³/mol. The number of ether oxygens (including phenoxy) is 1. The number of benzene rings is 1. The number of hydrogen-bond acceptors (Lipinski definition) is 2. The van der Waals surface area contributed by atoms with Gasteiger partial charge in [0.15, 0.2) is 0 Å². The molecule has 1 aromatic carbocycles. The summed E-state index contributed by atoms with van der Waals surface area (Å²) in [7, 11) is 0. The van der Waals surface area contributed by atoms with Gasteiger partial charge in [-0.25, -0.2) is 0 Å². The second kappa shape index (κ2) is 6.81. The molecule has 0 unspecified atom stereocenters. The molecule has 0 atom stereocenters. The van der Waals surface area contributed by atoms with Crippen LogP contribution in [0.4, 0.5) is 0 Å². The zero-order valence-corrected chi connectivity index (χ0v) is 6.71. The van der Waals surface area contributed by atoms with E-state index in [1.807, 2.05) is 37.3 Å². The van der Waals surface area contributed by atoms with Gasteiger partial charge in [0, 0.05) is 0 Å². The molecule has 0 saturated carbocycles. The van der Waals surface area contributed by atoms with Gasteiger partial charge in [-0.3, -0.25) is 0 Å². The lowest BCUT2D eigenvalue weighted by Gasteiger charge is -1.99. The van der Waals surface area contributed by atoms with E-state index in [1.54, 1.807) is 0 Å². The van der Waals surface area contributed by atoms with Gasteiger partial charge in [-0.15, -0.1) is 0 Å². The number of nitrogens with one attached hydrogen (secondary N) is 1. The fraction of sp³-hybridized carbons (Fsp3) is 0.222. The minimum absolute atomic E-state index is 0.740. The summed E-state index contributed by atoms with van der Waals surface area (Å²) in [6, 6.07) is 9.80. The smallest absolute Gasteiger partial charge is 0.119 e. The molecular formula is C9H13NO. The van der Waals surface area contributed by atoms with Gasteiger partial charge in [-0.1, -0.05) is 18.2 Å². The van der Waals surface area contributed by atoms with Crippen LogP contribution < -0.4 is 4.74 Å². The molecule has 1 aromatic rings. The van der Waals surface area contributed by atoms with Crippen molar-refractivity contribution in [1.82, 2.24) is 0 Å². The normalized spacial score (nSPS) is 7.73. The van der Waals surface area contributed by atoms with Crippen molar-refractivity contribution in [3.05, 3.63) is 30.3 Å². The Morgan fingerprint density at radius 2 is 1.82 bits per heavy atom. The Morgan fingerprint density at radius 3 is 2.27 bits per heavy atom. The lowest BCUT2D eigenvalue weighted by molar-refractivity contribution is 0.340. The molecule has 60 valence electrons. The molecule has 1 N–H and O–H groups in total. The highest BCUT2D eigenvalue weighted by molar-refractivity contribution is 5.20. The first kappa shape index (κ1) is 9.69. The summed E-state index contributed by atoms with van der Waals surface area (Å²) < 4.78 is 5.21. The van der Waals surface area contributed by atoms with E-state index >= 15 is 0 Å². The van der Waals surface area contributed by atoms with Gasteiger partial charge < -0.3 is 10.1 Å².